The van der Waals surface area contributed by atoms with Gasteiger partial charge < -0.3 is 15.4 Å². The maximum atomic E-state index is 12.4. The lowest BCUT2D eigenvalue weighted by molar-refractivity contribution is -0.119. The number of fused-ring (bicyclic) bond motifs is 1. The Morgan fingerprint density at radius 1 is 1.25 bits per heavy atom. The molecule has 28 heavy (non-hydrogen) atoms. The van der Waals surface area contributed by atoms with Gasteiger partial charge in [0, 0.05) is 23.4 Å². The molecule has 0 radical (unpaired) electrons. The molecule has 2 N–H and O–H groups in total. The molecular formula is C19H20N4O2S3. The molecular weight excluding hydrogens is 412 g/mol. The number of carbonyl (C=O) groups is 1. The van der Waals surface area contributed by atoms with Crippen LogP contribution in [0, 0.1) is 0 Å². The number of amides is 1. The zero-order valence-corrected chi connectivity index (χ0v) is 17.5. The van der Waals surface area contributed by atoms with E-state index in [2.05, 4.69) is 38.3 Å². The molecule has 0 saturated heterocycles. The smallest absolute Gasteiger partial charge is 0.230 e. The first kappa shape index (κ1) is 19.2. The van der Waals surface area contributed by atoms with Crippen LogP contribution < -0.4 is 15.4 Å². The van der Waals surface area contributed by atoms with Crippen molar-refractivity contribution in [3.63, 3.8) is 0 Å². The van der Waals surface area contributed by atoms with Crippen molar-refractivity contribution in [1.82, 2.24) is 15.5 Å². The van der Waals surface area contributed by atoms with Crippen molar-refractivity contribution >= 4 is 45.5 Å². The summed E-state index contributed by atoms with van der Waals surface area (Å²) in [6, 6.07) is 12.0. The second-order valence-corrected chi connectivity index (χ2v) is 9.45. The number of anilines is 1. The van der Waals surface area contributed by atoms with Crippen molar-refractivity contribution in [2.45, 2.75) is 23.2 Å². The number of hydrogen-bond acceptors (Lipinski definition) is 8. The van der Waals surface area contributed by atoms with Gasteiger partial charge in [0.1, 0.15) is 5.75 Å². The van der Waals surface area contributed by atoms with Gasteiger partial charge in [-0.15, -0.1) is 21.5 Å². The molecule has 1 aromatic carbocycles. The maximum Gasteiger partial charge on any atom is 0.230 e. The van der Waals surface area contributed by atoms with Gasteiger partial charge in [0.2, 0.25) is 11.0 Å². The van der Waals surface area contributed by atoms with Crippen LogP contribution in [0.2, 0.25) is 0 Å². The highest BCUT2D eigenvalue weighted by Crippen LogP contribution is 2.32. The summed E-state index contributed by atoms with van der Waals surface area (Å²) < 4.78 is 6.44. The number of thiophene rings is 1. The first-order valence-corrected chi connectivity index (χ1v) is 11.7. The molecule has 0 spiro atoms. The summed E-state index contributed by atoms with van der Waals surface area (Å²) in [5.41, 5.74) is 1.04. The van der Waals surface area contributed by atoms with Crippen molar-refractivity contribution in [2.24, 2.45) is 0 Å². The van der Waals surface area contributed by atoms with Crippen LogP contribution in [0.25, 0.3) is 0 Å². The molecule has 1 aliphatic rings. The molecule has 1 atom stereocenters. The summed E-state index contributed by atoms with van der Waals surface area (Å²) in [7, 11) is 0. The monoisotopic (exact) mass is 432 g/mol. The average molecular weight is 433 g/mol. The number of nitrogens with one attached hydrogen (secondary N) is 2. The molecule has 6 nitrogen and oxygen atoms in total. The summed E-state index contributed by atoms with van der Waals surface area (Å²) in [4.78, 5) is 13.7. The molecule has 0 saturated carbocycles. The van der Waals surface area contributed by atoms with Crippen molar-refractivity contribution in [2.75, 3.05) is 24.2 Å². The van der Waals surface area contributed by atoms with Gasteiger partial charge in [-0.1, -0.05) is 47.4 Å². The maximum absolute atomic E-state index is 12.4. The first-order chi connectivity index (χ1) is 13.8. The van der Waals surface area contributed by atoms with E-state index in [1.54, 1.807) is 11.3 Å². The van der Waals surface area contributed by atoms with Crippen LogP contribution in [0.4, 0.5) is 5.13 Å². The van der Waals surface area contributed by atoms with Crippen molar-refractivity contribution < 1.29 is 9.53 Å². The van der Waals surface area contributed by atoms with E-state index in [4.69, 9.17) is 4.74 Å². The highest BCUT2D eigenvalue weighted by atomic mass is 32.2. The Hall–Kier alpha value is -2.10. The van der Waals surface area contributed by atoms with Crippen molar-refractivity contribution in [1.29, 1.82) is 0 Å². The van der Waals surface area contributed by atoms with Crippen LogP contribution in [0.3, 0.4) is 0 Å². The van der Waals surface area contributed by atoms with E-state index < -0.39 is 0 Å². The van der Waals surface area contributed by atoms with Gasteiger partial charge in [-0.3, -0.25) is 4.79 Å². The molecule has 1 unspecified atom stereocenters. The van der Waals surface area contributed by atoms with Gasteiger partial charge in [0.15, 0.2) is 4.34 Å². The molecule has 146 valence electrons. The fourth-order valence-electron chi connectivity index (χ4n) is 2.94. The zero-order valence-electron chi connectivity index (χ0n) is 15.1. The summed E-state index contributed by atoms with van der Waals surface area (Å²) in [5.74, 6) is 1.17. The summed E-state index contributed by atoms with van der Waals surface area (Å²) in [6.07, 6.45) is 1.75. The average Bonchev–Trinajstić information content (AvgIpc) is 3.39. The molecule has 0 aliphatic carbocycles. The minimum Gasteiger partial charge on any atom is -0.493 e. The van der Waals surface area contributed by atoms with E-state index in [-0.39, 0.29) is 11.9 Å². The highest BCUT2D eigenvalue weighted by Gasteiger charge is 2.22. The van der Waals surface area contributed by atoms with Crippen LogP contribution >= 0.6 is 34.4 Å². The van der Waals surface area contributed by atoms with E-state index in [0.717, 1.165) is 40.2 Å². The van der Waals surface area contributed by atoms with Gasteiger partial charge in [-0.25, -0.2) is 0 Å². The fourth-order valence-corrected chi connectivity index (χ4v) is 5.24. The number of benzene rings is 1. The van der Waals surface area contributed by atoms with E-state index in [0.29, 0.717) is 12.4 Å². The van der Waals surface area contributed by atoms with E-state index in [1.807, 2.05) is 24.3 Å². The van der Waals surface area contributed by atoms with Gasteiger partial charge in [0.25, 0.3) is 0 Å². The SMILES string of the molecule is O=C(CSc1nnc(NCCc2cccs2)s1)NC1CCOc2ccccc21. The number of nitrogens with zero attached hydrogens (tertiary/aromatic N) is 2. The zero-order chi connectivity index (χ0) is 19.2. The largest absolute Gasteiger partial charge is 0.493 e. The third-order valence-corrected chi connectivity index (χ3v) is 7.21. The van der Waals surface area contributed by atoms with Crippen LogP contribution in [-0.2, 0) is 11.2 Å². The van der Waals surface area contributed by atoms with Crippen molar-refractivity contribution in [3.05, 3.63) is 52.2 Å². The molecule has 3 heterocycles. The summed E-state index contributed by atoms with van der Waals surface area (Å²) >= 11 is 4.65. The van der Waals surface area contributed by atoms with Gasteiger partial charge in [0.05, 0.1) is 18.4 Å². The van der Waals surface area contributed by atoms with Gasteiger partial charge >= 0.3 is 0 Å². The van der Waals surface area contributed by atoms with E-state index in [1.165, 1.54) is 28.0 Å². The molecule has 4 rings (SSSR count). The lowest BCUT2D eigenvalue weighted by Gasteiger charge is -2.26. The fraction of sp³-hybridized carbons (Fsp3) is 0.316. The number of carbonyl (C=O) groups excluding carboxylic acids is 1. The Morgan fingerprint density at radius 3 is 3.07 bits per heavy atom. The number of hydrogen-bond donors (Lipinski definition) is 2. The molecule has 0 fully saturated rings. The number of ether oxygens (including phenoxy) is 1. The van der Waals surface area contributed by atoms with Crippen molar-refractivity contribution in [3.8, 4) is 5.75 Å². The third kappa shape index (κ3) is 5.03. The number of para-hydroxylation sites is 1. The molecule has 2 aromatic heterocycles. The number of aromatic nitrogens is 2. The van der Waals surface area contributed by atoms with E-state index in [9.17, 15) is 4.79 Å². The van der Waals surface area contributed by atoms with Gasteiger partial charge in [-0.2, -0.15) is 0 Å². The topological polar surface area (TPSA) is 76.1 Å². The number of thioether (sulfide) groups is 1. The second-order valence-electron chi connectivity index (χ2n) is 6.21. The molecule has 1 amide bonds. The molecule has 0 bridgehead atoms. The second kappa shape index (κ2) is 9.40. The summed E-state index contributed by atoms with van der Waals surface area (Å²) in [6.45, 7) is 1.44. The van der Waals surface area contributed by atoms with Gasteiger partial charge in [-0.05, 0) is 23.9 Å². The predicted molar refractivity (Wildman–Crippen MR) is 115 cm³/mol. The quantitative estimate of drug-likeness (QED) is 0.524. The standard InChI is InChI=1S/C19H20N4O2S3/c24-17(21-15-8-10-25-16-6-2-1-5-14(15)16)12-27-19-23-22-18(28-19)20-9-7-13-4-3-11-26-13/h1-6,11,15H,7-10,12H2,(H,20,22)(H,21,24). The minimum atomic E-state index is -0.00546. The van der Waals surface area contributed by atoms with E-state index >= 15 is 0 Å². The van der Waals surface area contributed by atoms with Crippen LogP contribution in [0.1, 0.15) is 22.9 Å². The molecule has 3 aromatic rings. The Morgan fingerprint density at radius 2 is 2.18 bits per heavy atom. The Bertz CT molecular complexity index is 914. The predicted octanol–water partition coefficient (Wildman–Crippen LogP) is 3.99. The van der Waals surface area contributed by atoms with Crippen LogP contribution in [-0.4, -0.2) is 35.0 Å². The lowest BCUT2D eigenvalue weighted by Crippen LogP contribution is -2.33. The normalized spacial score (nSPS) is 15.5. The third-order valence-electron chi connectivity index (χ3n) is 4.25. The van der Waals surface area contributed by atoms with Crippen LogP contribution in [0.5, 0.6) is 5.75 Å². The first-order valence-electron chi connectivity index (χ1n) is 9.01. The Labute approximate surface area is 175 Å². The Kier molecular flexibility index (Phi) is 6.45. The van der Waals surface area contributed by atoms with Crippen LogP contribution in [0.15, 0.2) is 46.1 Å². The number of rotatable bonds is 8. The highest BCUT2D eigenvalue weighted by molar-refractivity contribution is 8.01. The molecule has 1 aliphatic heterocycles. The summed E-state index contributed by atoms with van der Waals surface area (Å²) in [5, 5.41) is 17.6. The molecule has 9 heteroatoms. The Balaban J connectivity index is 1.23. The lowest BCUT2D eigenvalue weighted by atomic mass is 10.0. The minimum absolute atomic E-state index is 0.00180.